The fourth-order valence-corrected chi connectivity index (χ4v) is 3.40. The molecule has 0 radical (unpaired) electrons. The maximum atomic E-state index is 3.75. The van der Waals surface area contributed by atoms with E-state index in [9.17, 15) is 0 Å². The Labute approximate surface area is 103 Å². The molecule has 0 amide bonds. The Morgan fingerprint density at radius 2 is 2.06 bits per heavy atom. The minimum absolute atomic E-state index is 0.544. The molecule has 1 aliphatic rings. The van der Waals surface area contributed by atoms with Crippen molar-refractivity contribution < 1.29 is 0 Å². The Morgan fingerprint density at radius 1 is 1.25 bits per heavy atom. The lowest BCUT2D eigenvalue weighted by Gasteiger charge is -2.30. The van der Waals surface area contributed by atoms with Gasteiger partial charge in [-0.15, -0.1) is 0 Å². The van der Waals surface area contributed by atoms with Gasteiger partial charge in [-0.05, 0) is 37.0 Å². The summed E-state index contributed by atoms with van der Waals surface area (Å²) in [6.45, 7) is 6.64. The molecule has 1 saturated heterocycles. The Kier molecular flexibility index (Phi) is 3.93. The third kappa shape index (κ3) is 2.61. The molecule has 0 saturated carbocycles. The summed E-state index contributed by atoms with van der Waals surface area (Å²) < 4.78 is 0. The van der Waals surface area contributed by atoms with Crippen LogP contribution in [0.3, 0.4) is 0 Å². The van der Waals surface area contributed by atoms with E-state index >= 15 is 0 Å². The lowest BCUT2D eigenvalue weighted by Crippen LogP contribution is -2.39. The summed E-state index contributed by atoms with van der Waals surface area (Å²) in [6.07, 6.45) is 1.23. The topological polar surface area (TPSA) is 12.0 Å². The molecule has 2 atom stereocenters. The second-order valence-electron chi connectivity index (χ2n) is 4.71. The molecule has 1 heterocycles. The first-order valence-corrected chi connectivity index (χ1v) is 7.27. The molecule has 0 spiro atoms. The zero-order valence-corrected chi connectivity index (χ0v) is 11.2. The molecule has 2 unspecified atom stereocenters. The van der Waals surface area contributed by atoms with Gasteiger partial charge in [-0.2, -0.15) is 11.8 Å². The molecule has 1 nitrogen and oxygen atoms in total. The highest BCUT2D eigenvalue weighted by molar-refractivity contribution is 7.99. The summed E-state index contributed by atoms with van der Waals surface area (Å²) in [5, 5.41) is 3.75. The monoisotopic (exact) mass is 235 g/mol. The molecule has 1 aromatic carbocycles. The Bertz CT molecular complexity index is 362. The van der Waals surface area contributed by atoms with E-state index in [2.05, 4.69) is 56.0 Å². The van der Waals surface area contributed by atoms with E-state index in [4.69, 9.17) is 0 Å². The van der Waals surface area contributed by atoms with Gasteiger partial charge in [0.15, 0.2) is 0 Å². The zero-order chi connectivity index (χ0) is 11.5. The first-order valence-electron chi connectivity index (χ1n) is 6.11. The van der Waals surface area contributed by atoms with Crippen molar-refractivity contribution in [1.29, 1.82) is 0 Å². The molecule has 2 rings (SSSR count). The smallest absolute Gasteiger partial charge is 0.0414 e. The van der Waals surface area contributed by atoms with Crippen LogP contribution >= 0.6 is 11.8 Å². The van der Waals surface area contributed by atoms with E-state index in [0.717, 1.165) is 0 Å². The Morgan fingerprint density at radius 3 is 2.75 bits per heavy atom. The molecular weight excluding hydrogens is 214 g/mol. The molecule has 1 aromatic rings. The summed E-state index contributed by atoms with van der Waals surface area (Å²) in [5.74, 6) is 2.47. The molecule has 1 N–H and O–H groups in total. The van der Waals surface area contributed by atoms with Crippen molar-refractivity contribution in [3.05, 3.63) is 34.9 Å². The summed E-state index contributed by atoms with van der Waals surface area (Å²) >= 11 is 2.08. The zero-order valence-electron chi connectivity index (χ0n) is 10.4. The number of hydrogen-bond acceptors (Lipinski definition) is 2. The van der Waals surface area contributed by atoms with Crippen LogP contribution in [0.2, 0.25) is 0 Å². The van der Waals surface area contributed by atoms with E-state index in [-0.39, 0.29) is 0 Å². The normalized spacial score (nSPS) is 25.7. The summed E-state index contributed by atoms with van der Waals surface area (Å²) in [6, 6.07) is 8.09. The summed E-state index contributed by atoms with van der Waals surface area (Å²) in [4.78, 5) is 0. The van der Waals surface area contributed by atoms with Crippen molar-refractivity contribution in [3.63, 3.8) is 0 Å². The van der Waals surface area contributed by atoms with Gasteiger partial charge in [0.1, 0.15) is 0 Å². The molecule has 1 fully saturated rings. The van der Waals surface area contributed by atoms with Gasteiger partial charge >= 0.3 is 0 Å². The third-order valence-corrected chi connectivity index (χ3v) is 4.67. The van der Waals surface area contributed by atoms with Gasteiger partial charge < -0.3 is 5.32 Å². The molecule has 16 heavy (non-hydrogen) atoms. The van der Waals surface area contributed by atoms with Crippen LogP contribution in [0.15, 0.2) is 18.2 Å². The van der Waals surface area contributed by atoms with Crippen molar-refractivity contribution in [3.8, 4) is 0 Å². The largest absolute Gasteiger partial charge is 0.306 e. The molecule has 88 valence electrons. The van der Waals surface area contributed by atoms with Crippen LogP contribution in [0.1, 0.15) is 36.1 Å². The van der Waals surface area contributed by atoms with E-state index in [1.807, 2.05) is 0 Å². The number of nitrogens with one attached hydrogen (secondary N) is 1. The number of hydrogen-bond donors (Lipinski definition) is 1. The fraction of sp³-hybridized carbons (Fsp3) is 0.571. The first-order chi connectivity index (χ1) is 7.70. The summed E-state index contributed by atoms with van der Waals surface area (Å²) in [5.41, 5.74) is 4.25. The third-order valence-electron chi connectivity index (χ3n) is 3.47. The highest BCUT2D eigenvalue weighted by atomic mass is 32.2. The van der Waals surface area contributed by atoms with E-state index in [1.54, 1.807) is 0 Å². The van der Waals surface area contributed by atoms with Gasteiger partial charge in [0.2, 0.25) is 0 Å². The van der Waals surface area contributed by atoms with Crippen LogP contribution in [0.5, 0.6) is 0 Å². The Hall–Kier alpha value is -0.470. The highest BCUT2D eigenvalue weighted by Gasteiger charge is 2.21. The predicted molar refractivity (Wildman–Crippen MR) is 73.2 cm³/mol. The van der Waals surface area contributed by atoms with E-state index < -0.39 is 0 Å². The molecule has 1 aliphatic heterocycles. The van der Waals surface area contributed by atoms with Gasteiger partial charge in [0.25, 0.3) is 0 Å². The first kappa shape index (κ1) is 12.0. The van der Waals surface area contributed by atoms with Gasteiger partial charge in [-0.1, -0.05) is 25.1 Å². The minimum atomic E-state index is 0.544. The second-order valence-corrected chi connectivity index (χ2v) is 5.78. The predicted octanol–water partition coefficient (Wildman–Crippen LogP) is 3.46. The SMILES string of the molecule is CCC1CSCC(c2ccc(C)c(C)c2)N1. The summed E-state index contributed by atoms with van der Waals surface area (Å²) in [7, 11) is 0. The number of aryl methyl sites for hydroxylation is 2. The van der Waals surface area contributed by atoms with Crippen LogP contribution in [0.4, 0.5) is 0 Å². The van der Waals surface area contributed by atoms with Crippen molar-refractivity contribution in [1.82, 2.24) is 5.32 Å². The van der Waals surface area contributed by atoms with Crippen LogP contribution in [-0.2, 0) is 0 Å². The average Bonchev–Trinajstić information content (AvgIpc) is 2.33. The van der Waals surface area contributed by atoms with Crippen molar-refractivity contribution in [2.75, 3.05) is 11.5 Å². The van der Waals surface area contributed by atoms with Crippen molar-refractivity contribution in [2.24, 2.45) is 0 Å². The van der Waals surface area contributed by atoms with Gasteiger partial charge in [-0.3, -0.25) is 0 Å². The van der Waals surface area contributed by atoms with E-state index in [1.165, 1.54) is 34.6 Å². The van der Waals surface area contributed by atoms with Gasteiger partial charge in [-0.25, -0.2) is 0 Å². The standard InChI is InChI=1S/C14H21NS/c1-4-13-8-16-9-14(15-13)12-6-5-10(2)11(3)7-12/h5-7,13-15H,4,8-9H2,1-3H3. The molecule has 0 bridgehead atoms. The average molecular weight is 235 g/mol. The molecule has 0 aromatic heterocycles. The number of thioether (sulfide) groups is 1. The van der Waals surface area contributed by atoms with Crippen LogP contribution < -0.4 is 5.32 Å². The van der Waals surface area contributed by atoms with Crippen LogP contribution in [0, 0.1) is 13.8 Å². The highest BCUT2D eigenvalue weighted by Crippen LogP contribution is 2.26. The fourth-order valence-electron chi connectivity index (χ4n) is 2.12. The van der Waals surface area contributed by atoms with Crippen LogP contribution in [-0.4, -0.2) is 17.5 Å². The quantitative estimate of drug-likeness (QED) is 0.842. The van der Waals surface area contributed by atoms with E-state index in [0.29, 0.717) is 12.1 Å². The molecule has 2 heteroatoms. The second kappa shape index (κ2) is 5.24. The van der Waals surface area contributed by atoms with Crippen LogP contribution in [0.25, 0.3) is 0 Å². The maximum absolute atomic E-state index is 3.75. The van der Waals surface area contributed by atoms with Crippen molar-refractivity contribution >= 4 is 11.8 Å². The molecule has 0 aliphatic carbocycles. The maximum Gasteiger partial charge on any atom is 0.0414 e. The lowest BCUT2D eigenvalue weighted by molar-refractivity contribution is 0.466. The van der Waals surface area contributed by atoms with Crippen molar-refractivity contribution in [2.45, 2.75) is 39.3 Å². The van der Waals surface area contributed by atoms with Gasteiger partial charge in [0.05, 0.1) is 0 Å². The lowest BCUT2D eigenvalue weighted by atomic mass is 10.0. The number of rotatable bonds is 2. The van der Waals surface area contributed by atoms with Gasteiger partial charge in [0, 0.05) is 23.6 Å². The Balaban J connectivity index is 2.13. The number of benzene rings is 1. The molecular formula is C14H21NS. The minimum Gasteiger partial charge on any atom is -0.306 e.